The molecular weight excluding hydrogens is 404 g/mol. The highest BCUT2D eigenvalue weighted by molar-refractivity contribution is 5.96. The van der Waals surface area contributed by atoms with Crippen LogP contribution in [0.3, 0.4) is 0 Å². The molecule has 2 aromatic carbocycles. The van der Waals surface area contributed by atoms with Crippen molar-refractivity contribution in [3.63, 3.8) is 0 Å². The van der Waals surface area contributed by atoms with Crippen LogP contribution in [0.1, 0.15) is 61.9 Å². The first-order valence-electron chi connectivity index (χ1n) is 11.5. The van der Waals surface area contributed by atoms with Gasteiger partial charge < -0.3 is 20.5 Å². The standard InChI is InChI=1S/C26H34N2O4/c1-18(2)12-13-31-22-15-20(26(30)32-17-19-8-4-3-5-9-19)14-21(16-22)28-25(29)23-10-6-7-11-24(23)27/h3-5,8-9,14-16,18,23-24H,6-7,10-13,17,27H2,1-2H3,(H,28,29). The Labute approximate surface area is 190 Å². The number of rotatable bonds is 9. The van der Waals surface area contributed by atoms with Crippen LogP contribution < -0.4 is 15.8 Å². The molecule has 1 amide bonds. The molecule has 0 bridgehead atoms. The minimum atomic E-state index is -0.465. The van der Waals surface area contributed by atoms with Crippen molar-refractivity contribution in [2.75, 3.05) is 11.9 Å². The van der Waals surface area contributed by atoms with Crippen LogP contribution in [-0.2, 0) is 16.1 Å². The smallest absolute Gasteiger partial charge is 0.338 e. The van der Waals surface area contributed by atoms with Crippen LogP contribution in [0.25, 0.3) is 0 Å². The summed E-state index contributed by atoms with van der Waals surface area (Å²) in [7, 11) is 0. The molecule has 2 aromatic rings. The van der Waals surface area contributed by atoms with Crippen LogP contribution in [0.5, 0.6) is 5.75 Å². The fraction of sp³-hybridized carbons (Fsp3) is 0.462. The van der Waals surface area contributed by atoms with Crippen molar-refractivity contribution in [2.45, 2.75) is 58.6 Å². The monoisotopic (exact) mass is 438 g/mol. The van der Waals surface area contributed by atoms with E-state index in [4.69, 9.17) is 15.2 Å². The number of carbonyl (C=O) groups is 2. The van der Waals surface area contributed by atoms with Crippen molar-refractivity contribution in [1.82, 2.24) is 0 Å². The minimum absolute atomic E-state index is 0.111. The van der Waals surface area contributed by atoms with Crippen molar-refractivity contribution in [3.05, 3.63) is 59.7 Å². The molecule has 172 valence electrons. The molecule has 6 nitrogen and oxygen atoms in total. The van der Waals surface area contributed by atoms with E-state index in [1.807, 2.05) is 30.3 Å². The zero-order valence-corrected chi connectivity index (χ0v) is 19.0. The SMILES string of the molecule is CC(C)CCOc1cc(NC(=O)C2CCCCC2N)cc(C(=O)OCc2ccccc2)c1. The first-order chi connectivity index (χ1) is 15.4. The summed E-state index contributed by atoms with van der Waals surface area (Å²) in [6.45, 7) is 4.96. The summed E-state index contributed by atoms with van der Waals surface area (Å²) < 4.78 is 11.4. The van der Waals surface area contributed by atoms with Crippen molar-refractivity contribution in [3.8, 4) is 5.75 Å². The number of nitrogens with two attached hydrogens (primary N) is 1. The van der Waals surface area contributed by atoms with Gasteiger partial charge in [0, 0.05) is 17.8 Å². The molecule has 3 N–H and O–H groups in total. The van der Waals surface area contributed by atoms with E-state index in [1.165, 1.54) is 0 Å². The number of esters is 1. The third-order valence-corrected chi connectivity index (χ3v) is 5.74. The van der Waals surface area contributed by atoms with Gasteiger partial charge in [-0.15, -0.1) is 0 Å². The fourth-order valence-corrected chi connectivity index (χ4v) is 3.81. The molecule has 2 unspecified atom stereocenters. The summed E-state index contributed by atoms with van der Waals surface area (Å²) in [6.07, 6.45) is 4.58. The number of benzene rings is 2. The van der Waals surface area contributed by atoms with Gasteiger partial charge in [0.2, 0.25) is 5.91 Å². The summed E-state index contributed by atoms with van der Waals surface area (Å²) in [5.74, 6) is 0.236. The van der Waals surface area contributed by atoms with E-state index in [9.17, 15) is 9.59 Å². The maximum Gasteiger partial charge on any atom is 0.338 e. The molecule has 0 heterocycles. The minimum Gasteiger partial charge on any atom is -0.493 e. The number of hydrogen-bond donors (Lipinski definition) is 2. The van der Waals surface area contributed by atoms with Gasteiger partial charge in [-0.25, -0.2) is 4.79 Å². The Kier molecular flexibility index (Phi) is 8.68. The van der Waals surface area contributed by atoms with Crippen LogP contribution in [0, 0.1) is 11.8 Å². The molecule has 2 atom stereocenters. The van der Waals surface area contributed by atoms with Crippen molar-refractivity contribution >= 4 is 17.6 Å². The number of amides is 1. The van der Waals surface area contributed by atoms with Gasteiger partial charge in [-0.3, -0.25) is 4.79 Å². The van der Waals surface area contributed by atoms with Crippen molar-refractivity contribution in [2.24, 2.45) is 17.6 Å². The summed E-state index contributed by atoms with van der Waals surface area (Å²) in [5.41, 5.74) is 7.93. The predicted molar refractivity (Wildman–Crippen MR) is 126 cm³/mol. The van der Waals surface area contributed by atoms with Gasteiger partial charge in [0.05, 0.1) is 18.1 Å². The Bertz CT molecular complexity index is 898. The van der Waals surface area contributed by atoms with Gasteiger partial charge in [0.25, 0.3) is 0 Å². The molecule has 1 aliphatic carbocycles. The van der Waals surface area contributed by atoms with Crippen LogP contribution in [-0.4, -0.2) is 24.5 Å². The normalized spacial score (nSPS) is 18.2. The molecule has 1 aliphatic rings. The predicted octanol–water partition coefficient (Wildman–Crippen LogP) is 4.92. The lowest BCUT2D eigenvalue weighted by Crippen LogP contribution is -2.40. The number of hydrogen-bond acceptors (Lipinski definition) is 5. The lowest BCUT2D eigenvalue weighted by molar-refractivity contribution is -0.121. The van der Waals surface area contributed by atoms with Crippen LogP contribution in [0.15, 0.2) is 48.5 Å². The van der Waals surface area contributed by atoms with Crippen LogP contribution in [0.2, 0.25) is 0 Å². The lowest BCUT2D eigenvalue weighted by Gasteiger charge is -2.27. The van der Waals surface area contributed by atoms with E-state index in [0.717, 1.165) is 37.7 Å². The van der Waals surface area contributed by atoms with Gasteiger partial charge in [0.1, 0.15) is 12.4 Å². The number of anilines is 1. The van der Waals surface area contributed by atoms with E-state index in [0.29, 0.717) is 29.5 Å². The Balaban J connectivity index is 1.73. The summed E-state index contributed by atoms with van der Waals surface area (Å²) >= 11 is 0. The van der Waals surface area contributed by atoms with Crippen LogP contribution >= 0.6 is 0 Å². The van der Waals surface area contributed by atoms with Crippen LogP contribution in [0.4, 0.5) is 5.69 Å². The lowest BCUT2D eigenvalue weighted by atomic mass is 9.84. The molecule has 1 saturated carbocycles. The Morgan fingerprint density at radius 1 is 1.09 bits per heavy atom. The Hall–Kier alpha value is -2.86. The highest BCUT2D eigenvalue weighted by atomic mass is 16.5. The second-order valence-corrected chi connectivity index (χ2v) is 8.88. The average Bonchev–Trinajstić information content (AvgIpc) is 2.78. The highest BCUT2D eigenvalue weighted by Gasteiger charge is 2.28. The second kappa shape index (κ2) is 11.7. The van der Waals surface area contributed by atoms with Crippen molar-refractivity contribution in [1.29, 1.82) is 0 Å². The molecule has 0 radical (unpaired) electrons. The Morgan fingerprint density at radius 3 is 2.56 bits per heavy atom. The Morgan fingerprint density at radius 2 is 1.84 bits per heavy atom. The quantitative estimate of drug-likeness (QED) is 0.542. The first kappa shape index (κ1) is 23.8. The number of nitrogens with one attached hydrogen (secondary N) is 1. The van der Waals surface area contributed by atoms with Gasteiger partial charge in [-0.05, 0) is 42.9 Å². The van der Waals surface area contributed by atoms with E-state index < -0.39 is 5.97 Å². The zero-order chi connectivity index (χ0) is 22.9. The summed E-state index contributed by atoms with van der Waals surface area (Å²) in [5, 5.41) is 2.94. The van der Waals surface area contributed by atoms with Gasteiger partial charge in [-0.1, -0.05) is 57.0 Å². The topological polar surface area (TPSA) is 90.6 Å². The molecule has 1 fully saturated rings. The van der Waals surface area contributed by atoms with Crippen molar-refractivity contribution < 1.29 is 19.1 Å². The number of carbonyl (C=O) groups excluding carboxylic acids is 2. The fourth-order valence-electron chi connectivity index (χ4n) is 3.81. The van der Waals surface area contributed by atoms with Gasteiger partial charge in [0.15, 0.2) is 0 Å². The molecular formula is C26H34N2O4. The molecule has 0 aromatic heterocycles. The summed E-state index contributed by atoms with van der Waals surface area (Å²) in [4.78, 5) is 25.6. The van der Waals surface area contributed by atoms with E-state index in [2.05, 4.69) is 19.2 Å². The third kappa shape index (κ3) is 7.09. The molecule has 0 aliphatic heterocycles. The maximum atomic E-state index is 12.8. The molecule has 0 saturated heterocycles. The molecule has 0 spiro atoms. The first-order valence-corrected chi connectivity index (χ1v) is 11.5. The highest BCUT2D eigenvalue weighted by Crippen LogP contribution is 2.27. The molecule has 32 heavy (non-hydrogen) atoms. The van der Waals surface area contributed by atoms with E-state index in [-0.39, 0.29) is 24.5 Å². The summed E-state index contributed by atoms with van der Waals surface area (Å²) in [6, 6.07) is 14.4. The van der Waals surface area contributed by atoms with Gasteiger partial charge >= 0.3 is 5.97 Å². The van der Waals surface area contributed by atoms with E-state index in [1.54, 1.807) is 18.2 Å². The number of ether oxygens (including phenoxy) is 2. The molecule has 6 heteroatoms. The average molecular weight is 439 g/mol. The molecule has 3 rings (SSSR count). The van der Waals surface area contributed by atoms with Gasteiger partial charge in [-0.2, -0.15) is 0 Å². The second-order valence-electron chi connectivity index (χ2n) is 8.88. The maximum absolute atomic E-state index is 12.8. The largest absolute Gasteiger partial charge is 0.493 e. The third-order valence-electron chi connectivity index (χ3n) is 5.74. The zero-order valence-electron chi connectivity index (χ0n) is 19.0. The van der Waals surface area contributed by atoms with E-state index >= 15 is 0 Å².